The minimum atomic E-state index is -4.54. The minimum absolute atomic E-state index is 0.0442. The van der Waals surface area contributed by atoms with Crippen molar-refractivity contribution < 1.29 is 35.8 Å². The normalized spacial score (nSPS) is 11.6. The second kappa shape index (κ2) is 6.50. The Labute approximate surface area is 131 Å². The van der Waals surface area contributed by atoms with Gasteiger partial charge in [-0.05, 0) is 29.7 Å². The summed E-state index contributed by atoms with van der Waals surface area (Å²) in [6.45, 7) is 1.31. The highest BCUT2D eigenvalue weighted by Crippen LogP contribution is 2.30. The van der Waals surface area contributed by atoms with Crippen LogP contribution in [0.1, 0.15) is 6.92 Å². The number of rotatable bonds is 2. The first-order valence-electron chi connectivity index (χ1n) is 5.80. The van der Waals surface area contributed by atoms with Crippen LogP contribution in [0.3, 0.4) is 0 Å². The van der Waals surface area contributed by atoms with Crippen LogP contribution in [0.4, 0.5) is 0 Å². The van der Waals surface area contributed by atoms with Gasteiger partial charge >= 0.3 is 0 Å². The van der Waals surface area contributed by atoms with E-state index in [9.17, 15) is 26.7 Å². The van der Waals surface area contributed by atoms with Crippen LogP contribution >= 0.6 is 0 Å². The van der Waals surface area contributed by atoms with E-state index in [1.165, 1.54) is 13.0 Å². The fraction of sp³-hybridized carbons (Fsp3) is 0.0833. The summed E-state index contributed by atoms with van der Waals surface area (Å²) in [6.07, 6.45) is 0. The lowest BCUT2D eigenvalue weighted by Gasteiger charge is -2.05. The SMILES string of the molecule is CC(N)=O.O=S(=O)(O)c1ccc2c(O)cc(S(=O)(=O)O)cc2c1. The summed E-state index contributed by atoms with van der Waals surface area (Å²) < 4.78 is 61.7. The molecule has 0 aliphatic heterocycles. The Kier molecular flexibility index (Phi) is 5.32. The van der Waals surface area contributed by atoms with Gasteiger partial charge in [0.15, 0.2) is 0 Å². The van der Waals surface area contributed by atoms with Crippen LogP contribution in [0.15, 0.2) is 40.1 Å². The molecule has 0 unspecified atom stereocenters. The largest absolute Gasteiger partial charge is 0.507 e. The molecule has 0 heterocycles. The Balaban J connectivity index is 0.000000593. The van der Waals surface area contributed by atoms with Gasteiger partial charge in [0.2, 0.25) is 5.91 Å². The van der Waals surface area contributed by atoms with Gasteiger partial charge in [0, 0.05) is 18.4 Å². The molecule has 1 amide bonds. The number of carbonyl (C=O) groups excluding carboxylic acids is 1. The number of phenols is 1. The van der Waals surface area contributed by atoms with E-state index in [1.807, 2.05) is 0 Å². The molecule has 0 saturated heterocycles. The maximum Gasteiger partial charge on any atom is 0.294 e. The van der Waals surface area contributed by atoms with Crippen molar-refractivity contribution in [2.75, 3.05) is 0 Å². The summed E-state index contributed by atoms with van der Waals surface area (Å²) in [5, 5.41) is 9.85. The highest BCUT2D eigenvalue weighted by Gasteiger charge is 2.16. The fourth-order valence-electron chi connectivity index (χ4n) is 1.61. The Morgan fingerprint density at radius 3 is 1.83 bits per heavy atom. The van der Waals surface area contributed by atoms with Crippen LogP contribution in [0.5, 0.6) is 5.75 Å². The first-order chi connectivity index (χ1) is 10.3. The van der Waals surface area contributed by atoms with Crippen molar-refractivity contribution >= 4 is 36.9 Å². The molecule has 0 bridgehead atoms. The lowest BCUT2D eigenvalue weighted by Crippen LogP contribution is -2.01. The van der Waals surface area contributed by atoms with E-state index in [1.54, 1.807) is 0 Å². The third-order valence-electron chi connectivity index (χ3n) is 2.47. The third kappa shape index (κ3) is 5.17. The van der Waals surface area contributed by atoms with E-state index in [4.69, 9.17) is 9.11 Å². The van der Waals surface area contributed by atoms with Crippen LogP contribution in [0.25, 0.3) is 10.8 Å². The monoisotopic (exact) mass is 363 g/mol. The molecule has 0 spiro atoms. The van der Waals surface area contributed by atoms with Gasteiger partial charge < -0.3 is 10.8 Å². The van der Waals surface area contributed by atoms with Gasteiger partial charge in [-0.25, -0.2) is 0 Å². The molecule has 0 aliphatic rings. The van der Waals surface area contributed by atoms with Crippen LogP contribution in [0, 0.1) is 0 Å². The Morgan fingerprint density at radius 1 is 0.957 bits per heavy atom. The number of nitrogens with two attached hydrogens (primary N) is 1. The standard InChI is InChI=1S/C10H8O7S2.C2H5NO/c11-10-5-8(19(15,16)17)4-6-3-7(18(12,13)14)1-2-9(6)10;1-2(3)4/h1-5,11H,(H,12,13,14)(H,15,16,17);1H3,(H2,3,4). The first-order valence-corrected chi connectivity index (χ1v) is 8.68. The molecule has 2 rings (SSSR count). The Morgan fingerprint density at radius 2 is 1.39 bits per heavy atom. The predicted molar refractivity (Wildman–Crippen MR) is 80.1 cm³/mol. The lowest BCUT2D eigenvalue weighted by molar-refractivity contribution is -0.115. The Hall–Kier alpha value is -2.21. The number of hydrogen-bond donors (Lipinski definition) is 4. The molecule has 0 aromatic heterocycles. The quantitative estimate of drug-likeness (QED) is 0.559. The lowest BCUT2D eigenvalue weighted by atomic mass is 10.1. The van der Waals surface area contributed by atoms with E-state index in [0.29, 0.717) is 0 Å². The minimum Gasteiger partial charge on any atom is -0.507 e. The molecule has 126 valence electrons. The maximum atomic E-state index is 11.0. The molecule has 11 heteroatoms. The van der Waals surface area contributed by atoms with E-state index < -0.39 is 35.8 Å². The zero-order valence-electron chi connectivity index (χ0n) is 11.7. The van der Waals surface area contributed by atoms with Gasteiger partial charge in [-0.3, -0.25) is 13.9 Å². The van der Waals surface area contributed by atoms with Crippen molar-refractivity contribution in [3.63, 3.8) is 0 Å². The molecule has 0 atom stereocenters. The third-order valence-corrected chi connectivity index (χ3v) is 4.15. The summed E-state index contributed by atoms with van der Waals surface area (Å²) in [7, 11) is -8.99. The zero-order chi connectivity index (χ0) is 18.0. The zero-order valence-corrected chi connectivity index (χ0v) is 13.3. The molecule has 23 heavy (non-hydrogen) atoms. The summed E-state index contributed by atoms with van der Waals surface area (Å²) >= 11 is 0. The van der Waals surface area contributed by atoms with E-state index in [-0.39, 0.29) is 16.7 Å². The molecule has 0 fully saturated rings. The van der Waals surface area contributed by atoms with Crippen LogP contribution in [0.2, 0.25) is 0 Å². The summed E-state index contributed by atoms with van der Waals surface area (Å²) in [5.74, 6) is -0.771. The number of amides is 1. The molecule has 0 saturated carbocycles. The molecule has 2 aromatic carbocycles. The van der Waals surface area contributed by atoms with Gasteiger partial charge in [0.05, 0.1) is 9.79 Å². The second-order valence-electron chi connectivity index (χ2n) is 4.39. The number of primary amides is 1. The second-order valence-corrected chi connectivity index (χ2v) is 7.23. The van der Waals surface area contributed by atoms with Gasteiger partial charge in [-0.15, -0.1) is 0 Å². The van der Waals surface area contributed by atoms with E-state index >= 15 is 0 Å². The van der Waals surface area contributed by atoms with Crippen LogP contribution in [-0.2, 0) is 25.0 Å². The highest BCUT2D eigenvalue weighted by atomic mass is 32.2. The highest BCUT2D eigenvalue weighted by molar-refractivity contribution is 7.86. The van der Waals surface area contributed by atoms with Crippen molar-refractivity contribution in [3.05, 3.63) is 30.3 Å². The molecule has 0 aliphatic carbocycles. The summed E-state index contributed by atoms with van der Waals surface area (Å²) in [4.78, 5) is 8.19. The molecular formula is C12H13NO8S2. The average molecular weight is 363 g/mol. The first kappa shape index (κ1) is 18.8. The van der Waals surface area contributed by atoms with Crippen molar-refractivity contribution in [1.82, 2.24) is 0 Å². The number of aromatic hydroxyl groups is 1. The van der Waals surface area contributed by atoms with E-state index in [0.717, 1.165) is 24.3 Å². The molecule has 2 aromatic rings. The number of carbonyl (C=O) groups is 1. The summed E-state index contributed by atoms with van der Waals surface area (Å²) in [5.41, 5.74) is 4.47. The predicted octanol–water partition coefficient (Wildman–Crippen LogP) is 0.530. The van der Waals surface area contributed by atoms with Crippen LogP contribution in [-0.4, -0.2) is 37.0 Å². The summed E-state index contributed by atoms with van der Waals surface area (Å²) in [6, 6.07) is 5.08. The number of benzene rings is 2. The van der Waals surface area contributed by atoms with Crippen molar-refractivity contribution in [3.8, 4) is 5.75 Å². The van der Waals surface area contributed by atoms with Gasteiger partial charge in [-0.1, -0.05) is 0 Å². The molecular weight excluding hydrogens is 350 g/mol. The number of phenolic OH excluding ortho intramolecular Hbond substituents is 1. The molecule has 9 nitrogen and oxygen atoms in total. The van der Waals surface area contributed by atoms with Crippen LogP contribution < -0.4 is 5.73 Å². The van der Waals surface area contributed by atoms with E-state index in [2.05, 4.69) is 5.73 Å². The van der Waals surface area contributed by atoms with Crippen molar-refractivity contribution in [2.45, 2.75) is 16.7 Å². The van der Waals surface area contributed by atoms with Crippen molar-refractivity contribution in [2.24, 2.45) is 5.73 Å². The molecule has 0 radical (unpaired) electrons. The van der Waals surface area contributed by atoms with Gasteiger partial charge in [-0.2, -0.15) is 16.8 Å². The van der Waals surface area contributed by atoms with Gasteiger partial charge in [0.1, 0.15) is 5.75 Å². The number of hydrogen-bond acceptors (Lipinski definition) is 6. The van der Waals surface area contributed by atoms with Gasteiger partial charge in [0.25, 0.3) is 20.2 Å². The Bertz CT molecular complexity index is 955. The smallest absolute Gasteiger partial charge is 0.294 e. The average Bonchev–Trinajstić information content (AvgIpc) is 2.35. The fourth-order valence-corrected chi connectivity index (χ4v) is 2.66. The molecule has 5 N–H and O–H groups in total. The number of fused-ring (bicyclic) bond motifs is 1. The topological polar surface area (TPSA) is 172 Å². The maximum absolute atomic E-state index is 11.0. The van der Waals surface area contributed by atoms with Crippen molar-refractivity contribution in [1.29, 1.82) is 0 Å².